The highest BCUT2D eigenvalue weighted by molar-refractivity contribution is 6.35. The van der Waals surface area contributed by atoms with Crippen molar-refractivity contribution >= 4 is 23.2 Å². The molecule has 0 radical (unpaired) electrons. The second-order valence-electron chi connectivity index (χ2n) is 4.49. The third-order valence-electron chi connectivity index (χ3n) is 3.27. The van der Waals surface area contributed by atoms with Gasteiger partial charge in [-0.2, -0.15) is 0 Å². The number of likely N-dealkylation sites (N-methyl/N-ethyl adjacent to an activating group) is 1. The van der Waals surface area contributed by atoms with Crippen molar-refractivity contribution in [2.24, 2.45) is 0 Å². The molecule has 19 heavy (non-hydrogen) atoms. The molecule has 1 aliphatic heterocycles. The van der Waals surface area contributed by atoms with E-state index in [1.165, 1.54) is 12.1 Å². The summed E-state index contributed by atoms with van der Waals surface area (Å²) in [6.45, 7) is 0. The molecule has 0 atom stereocenters. The Kier molecular flexibility index (Phi) is 2.67. The molecular weight excluding hydrogens is 241 g/mol. The van der Waals surface area contributed by atoms with Gasteiger partial charge in [0.25, 0.3) is 5.91 Å². The molecule has 2 aromatic carbocycles. The Morgan fingerprint density at radius 2 is 1.74 bits per heavy atom. The molecule has 3 heteroatoms. The predicted molar refractivity (Wildman–Crippen MR) is 74.1 cm³/mol. The topological polar surface area (TPSA) is 20.3 Å². The van der Waals surface area contributed by atoms with Crippen LogP contribution in [-0.2, 0) is 4.79 Å². The van der Waals surface area contributed by atoms with Crippen molar-refractivity contribution in [1.82, 2.24) is 0 Å². The third-order valence-corrected chi connectivity index (χ3v) is 3.27. The first kappa shape index (κ1) is 11.7. The van der Waals surface area contributed by atoms with E-state index in [9.17, 15) is 9.18 Å². The van der Waals surface area contributed by atoms with Crippen LogP contribution >= 0.6 is 0 Å². The molecule has 0 saturated heterocycles. The lowest BCUT2D eigenvalue weighted by molar-refractivity contribution is -0.112. The largest absolute Gasteiger partial charge is 0.311 e. The van der Waals surface area contributed by atoms with Crippen LogP contribution in [0.4, 0.5) is 10.1 Å². The maximum absolute atomic E-state index is 12.9. The molecule has 0 aromatic heterocycles. The average molecular weight is 253 g/mol. The van der Waals surface area contributed by atoms with Gasteiger partial charge in [-0.15, -0.1) is 0 Å². The number of hydrogen-bond acceptors (Lipinski definition) is 1. The number of hydrogen-bond donors (Lipinski definition) is 0. The molecule has 0 N–H and O–H groups in total. The minimum atomic E-state index is -0.280. The van der Waals surface area contributed by atoms with Crippen molar-refractivity contribution in [1.29, 1.82) is 0 Å². The lowest BCUT2D eigenvalue weighted by Crippen LogP contribution is -2.20. The first-order valence-corrected chi connectivity index (χ1v) is 6.01. The van der Waals surface area contributed by atoms with Crippen LogP contribution in [0.2, 0.25) is 0 Å². The van der Waals surface area contributed by atoms with Gasteiger partial charge >= 0.3 is 0 Å². The monoisotopic (exact) mass is 253 g/mol. The number of carbonyl (C=O) groups is 1. The molecule has 94 valence electrons. The van der Waals surface area contributed by atoms with E-state index in [0.29, 0.717) is 5.57 Å². The van der Waals surface area contributed by atoms with Gasteiger partial charge in [-0.3, -0.25) is 4.79 Å². The number of para-hydroxylation sites is 1. The van der Waals surface area contributed by atoms with Crippen molar-refractivity contribution in [2.75, 3.05) is 11.9 Å². The molecule has 0 fully saturated rings. The van der Waals surface area contributed by atoms with Crippen LogP contribution in [0.5, 0.6) is 0 Å². The normalized spacial score (nSPS) is 16.0. The van der Waals surface area contributed by atoms with Gasteiger partial charge < -0.3 is 4.90 Å². The number of anilines is 1. The summed E-state index contributed by atoms with van der Waals surface area (Å²) in [6.07, 6.45) is 1.80. The van der Waals surface area contributed by atoms with E-state index in [1.807, 2.05) is 24.3 Å². The molecule has 0 spiro atoms. The zero-order chi connectivity index (χ0) is 13.4. The van der Waals surface area contributed by atoms with E-state index in [-0.39, 0.29) is 11.7 Å². The minimum absolute atomic E-state index is 0.0366. The van der Waals surface area contributed by atoms with Gasteiger partial charge in [-0.05, 0) is 29.8 Å². The van der Waals surface area contributed by atoms with Crippen LogP contribution in [0.1, 0.15) is 11.1 Å². The number of halogens is 1. The highest BCUT2D eigenvalue weighted by Crippen LogP contribution is 2.36. The Balaban J connectivity index is 2.10. The van der Waals surface area contributed by atoms with Crippen molar-refractivity contribution in [3.63, 3.8) is 0 Å². The van der Waals surface area contributed by atoms with Crippen LogP contribution in [0.15, 0.2) is 48.5 Å². The summed E-state index contributed by atoms with van der Waals surface area (Å²) in [5.74, 6) is -0.317. The van der Waals surface area contributed by atoms with E-state index in [4.69, 9.17) is 0 Å². The van der Waals surface area contributed by atoms with Crippen molar-refractivity contribution < 1.29 is 9.18 Å². The van der Waals surface area contributed by atoms with E-state index in [2.05, 4.69) is 0 Å². The van der Waals surface area contributed by atoms with Crippen molar-refractivity contribution in [3.8, 4) is 0 Å². The van der Waals surface area contributed by atoms with E-state index < -0.39 is 0 Å². The standard InChI is InChI=1S/C16H12FNO/c1-18-15-5-3-2-4-13(15)14(16(18)19)10-11-6-8-12(17)9-7-11/h2-10H,1H3/b14-10+. The Hall–Kier alpha value is -2.42. The van der Waals surface area contributed by atoms with Gasteiger partial charge in [-0.25, -0.2) is 4.39 Å². The molecule has 0 unspecified atom stereocenters. The van der Waals surface area contributed by atoms with Crippen LogP contribution in [0, 0.1) is 5.82 Å². The lowest BCUT2D eigenvalue weighted by Gasteiger charge is -2.07. The highest BCUT2D eigenvalue weighted by atomic mass is 19.1. The summed E-state index contributed by atoms with van der Waals surface area (Å²) in [5.41, 5.74) is 3.28. The maximum atomic E-state index is 12.9. The Morgan fingerprint density at radius 3 is 2.47 bits per heavy atom. The molecule has 1 aliphatic rings. The second kappa shape index (κ2) is 4.35. The summed E-state index contributed by atoms with van der Waals surface area (Å²) in [6, 6.07) is 13.8. The Morgan fingerprint density at radius 1 is 1.05 bits per heavy atom. The minimum Gasteiger partial charge on any atom is -0.311 e. The molecule has 3 rings (SSSR count). The molecule has 0 saturated carbocycles. The fraction of sp³-hybridized carbons (Fsp3) is 0.0625. The van der Waals surface area contributed by atoms with Crippen molar-refractivity contribution in [3.05, 3.63) is 65.5 Å². The first-order chi connectivity index (χ1) is 9.16. The maximum Gasteiger partial charge on any atom is 0.258 e. The average Bonchev–Trinajstić information content (AvgIpc) is 2.67. The van der Waals surface area contributed by atoms with Crippen LogP contribution < -0.4 is 4.90 Å². The number of amides is 1. The van der Waals surface area contributed by atoms with Crippen LogP contribution in [0.3, 0.4) is 0 Å². The van der Waals surface area contributed by atoms with Gasteiger partial charge in [0.15, 0.2) is 0 Å². The SMILES string of the molecule is CN1C(=O)/C(=C/c2ccc(F)cc2)c2ccccc21. The van der Waals surface area contributed by atoms with Gasteiger partial charge in [-0.1, -0.05) is 30.3 Å². The van der Waals surface area contributed by atoms with Gasteiger partial charge in [0.1, 0.15) is 5.82 Å². The van der Waals surface area contributed by atoms with Crippen LogP contribution in [-0.4, -0.2) is 13.0 Å². The zero-order valence-corrected chi connectivity index (χ0v) is 10.4. The first-order valence-electron chi connectivity index (χ1n) is 6.01. The lowest BCUT2D eigenvalue weighted by atomic mass is 10.0. The third kappa shape index (κ3) is 1.93. The quantitative estimate of drug-likeness (QED) is 0.714. The molecule has 1 amide bonds. The summed E-state index contributed by atoms with van der Waals surface area (Å²) in [5, 5.41) is 0. The van der Waals surface area contributed by atoms with Crippen molar-refractivity contribution in [2.45, 2.75) is 0 Å². The Bertz CT molecular complexity index is 673. The van der Waals surface area contributed by atoms with E-state index in [0.717, 1.165) is 16.8 Å². The molecule has 2 aromatic rings. The molecular formula is C16H12FNO. The predicted octanol–water partition coefficient (Wildman–Crippen LogP) is 3.34. The summed E-state index contributed by atoms with van der Waals surface area (Å²) >= 11 is 0. The number of carbonyl (C=O) groups excluding carboxylic acids is 1. The van der Waals surface area contributed by atoms with E-state index >= 15 is 0 Å². The fourth-order valence-corrected chi connectivity index (χ4v) is 2.26. The van der Waals surface area contributed by atoms with Crippen LogP contribution in [0.25, 0.3) is 11.6 Å². The smallest absolute Gasteiger partial charge is 0.258 e. The van der Waals surface area contributed by atoms with Gasteiger partial charge in [0, 0.05) is 18.2 Å². The highest BCUT2D eigenvalue weighted by Gasteiger charge is 2.28. The van der Waals surface area contributed by atoms with Gasteiger partial charge in [0.2, 0.25) is 0 Å². The van der Waals surface area contributed by atoms with E-state index in [1.54, 1.807) is 30.2 Å². The molecule has 1 heterocycles. The Labute approximate surface area is 110 Å². The summed E-state index contributed by atoms with van der Waals surface area (Å²) in [7, 11) is 1.76. The summed E-state index contributed by atoms with van der Waals surface area (Å²) < 4.78 is 12.9. The zero-order valence-electron chi connectivity index (χ0n) is 10.4. The number of fused-ring (bicyclic) bond motifs is 1. The molecule has 0 aliphatic carbocycles. The second-order valence-corrected chi connectivity index (χ2v) is 4.49. The molecule has 0 bridgehead atoms. The number of benzene rings is 2. The van der Waals surface area contributed by atoms with Gasteiger partial charge in [0.05, 0.1) is 5.69 Å². The number of nitrogens with zero attached hydrogens (tertiary/aromatic N) is 1. The summed E-state index contributed by atoms with van der Waals surface area (Å²) in [4.78, 5) is 13.8. The number of rotatable bonds is 1. The fourth-order valence-electron chi connectivity index (χ4n) is 2.26. The molecule has 2 nitrogen and oxygen atoms in total.